The largest absolute Gasteiger partial charge is 0.493 e. The van der Waals surface area contributed by atoms with Crippen LogP contribution in [0.25, 0.3) is 0 Å². The molecule has 0 unspecified atom stereocenters. The minimum atomic E-state index is -5.60. The van der Waals surface area contributed by atoms with E-state index in [1.54, 1.807) is 6.07 Å². The van der Waals surface area contributed by atoms with Gasteiger partial charge in [-0.05, 0) is 35.6 Å². The lowest BCUT2D eigenvalue weighted by Gasteiger charge is -2.46. The summed E-state index contributed by atoms with van der Waals surface area (Å²) in [5.41, 5.74) is 1.01. The second-order valence-electron chi connectivity index (χ2n) is 10.2. The van der Waals surface area contributed by atoms with Crippen LogP contribution < -0.4 is 9.79 Å². The van der Waals surface area contributed by atoms with Crippen molar-refractivity contribution in [1.82, 2.24) is 9.88 Å². The Bertz CT molecular complexity index is 1550. The summed E-state index contributed by atoms with van der Waals surface area (Å²) in [5.74, 6) is -7.94. The quantitative estimate of drug-likeness (QED) is 0.248. The molecule has 8 nitrogen and oxygen atoms in total. The molecule has 0 aliphatic carbocycles. The second-order valence-corrected chi connectivity index (χ2v) is 12.6. The number of thiazole rings is 1. The fourth-order valence-corrected chi connectivity index (χ4v) is 6.59. The number of carbonyl (C=O) groups excluding carboxylic acids is 1. The van der Waals surface area contributed by atoms with Gasteiger partial charge in [0, 0.05) is 37.1 Å². The van der Waals surface area contributed by atoms with Gasteiger partial charge in [0.25, 0.3) is 10.0 Å². The number of nitrogens with one attached hydrogen (secondary N) is 1. The average molecular weight is 623 g/mol. The zero-order valence-corrected chi connectivity index (χ0v) is 23.5. The molecule has 41 heavy (non-hydrogen) atoms. The lowest BCUT2D eigenvalue weighted by Crippen LogP contribution is -2.52. The van der Waals surface area contributed by atoms with Crippen molar-refractivity contribution in [2.24, 2.45) is 5.41 Å². The molecule has 0 atom stereocenters. The summed E-state index contributed by atoms with van der Waals surface area (Å²) in [6.45, 7) is 6.98. The second kappa shape index (κ2) is 11.1. The van der Waals surface area contributed by atoms with Gasteiger partial charge in [0.15, 0.2) is 17.5 Å². The molecule has 2 heterocycles. The van der Waals surface area contributed by atoms with Gasteiger partial charge in [0.05, 0.1) is 11.2 Å². The predicted octanol–water partition coefficient (Wildman–Crippen LogP) is 5.54. The number of halogens is 6. The highest BCUT2D eigenvalue weighted by atomic mass is 32.2. The zero-order valence-electron chi connectivity index (χ0n) is 21.9. The van der Waals surface area contributed by atoms with Gasteiger partial charge in [0.1, 0.15) is 10.7 Å². The molecular weight excluding hydrogens is 598 g/mol. The lowest BCUT2D eigenvalue weighted by molar-refractivity contribution is -0.199. The molecule has 1 aliphatic heterocycles. The highest BCUT2D eigenvalue weighted by Gasteiger charge is 2.46. The van der Waals surface area contributed by atoms with Crippen molar-refractivity contribution in [3.63, 3.8) is 0 Å². The van der Waals surface area contributed by atoms with Gasteiger partial charge in [-0.15, -0.1) is 11.3 Å². The van der Waals surface area contributed by atoms with Gasteiger partial charge in [0.2, 0.25) is 0 Å². The number of alkyl halides is 3. The molecule has 0 spiro atoms. The van der Waals surface area contributed by atoms with E-state index in [9.17, 15) is 30.8 Å². The summed E-state index contributed by atoms with van der Waals surface area (Å²) in [6.07, 6.45) is -5.60. The monoisotopic (exact) mass is 622 g/mol. The number of hydrogen-bond donors (Lipinski definition) is 1. The van der Waals surface area contributed by atoms with E-state index in [-0.39, 0.29) is 17.5 Å². The normalized spacial score (nSPS) is 15.3. The molecule has 4 rings (SSSR count). The van der Waals surface area contributed by atoms with Gasteiger partial charge in [-0.25, -0.2) is 22.9 Å². The van der Waals surface area contributed by atoms with Crippen molar-refractivity contribution >= 4 is 38.8 Å². The summed E-state index contributed by atoms with van der Waals surface area (Å²) in [7, 11) is -5.45. The van der Waals surface area contributed by atoms with Crippen LogP contribution >= 0.6 is 11.3 Å². The first-order chi connectivity index (χ1) is 19.0. The number of likely N-dealkylation sites (tertiary alicyclic amines) is 1. The zero-order chi connectivity index (χ0) is 30.3. The van der Waals surface area contributed by atoms with Crippen LogP contribution in [0.15, 0.2) is 40.1 Å². The van der Waals surface area contributed by atoms with Crippen molar-refractivity contribution in [2.75, 3.05) is 22.9 Å². The molecule has 1 fully saturated rings. The third kappa shape index (κ3) is 6.43. The average Bonchev–Trinajstić information content (AvgIpc) is 3.37. The standard InChI is InChI=1S/C25H24F6N4O4S2/c1-14-7-18(32-8-16-15(5-4-6-17(16)26)9-34-11-24(2,3)12-34)20(27)21(28)22(14)41(37,38)35(19-10-40-13-33-19)39-23(36)25(29,30)31/h4-7,10,13,32H,8-9,11-12H2,1-3H3. The van der Waals surface area contributed by atoms with Crippen molar-refractivity contribution < 1.29 is 44.4 Å². The van der Waals surface area contributed by atoms with E-state index in [0.717, 1.165) is 48.3 Å². The van der Waals surface area contributed by atoms with E-state index in [1.165, 1.54) is 12.1 Å². The Kier molecular flexibility index (Phi) is 8.30. The molecule has 1 N–H and O–H groups in total. The Morgan fingerprint density at radius 3 is 2.46 bits per heavy atom. The molecule has 1 aliphatic rings. The predicted molar refractivity (Wildman–Crippen MR) is 138 cm³/mol. The highest BCUT2D eigenvalue weighted by Crippen LogP contribution is 2.34. The maximum atomic E-state index is 15.3. The van der Waals surface area contributed by atoms with Gasteiger partial charge >= 0.3 is 12.1 Å². The van der Waals surface area contributed by atoms with E-state index in [4.69, 9.17) is 0 Å². The summed E-state index contributed by atoms with van der Waals surface area (Å²) < 4.78 is 110. The van der Waals surface area contributed by atoms with Crippen LogP contribution in [0.5, 0.6) is 0 Å². The molecule has 222 valence electrons. The molecule has 0 amide bonds. The van der Waals surface area contributed by atoms with Gasteiger partial charge in [-0.3, -0.25) is 4.90 Å². The van der Waals surface area contributed by atoms with Crippen LogP contribution in [-0.4, -0.2) is 43.5 Å². The summed E-state index contributed by atoms with van der Waals surface area (Å²) in [5, 5.41) is 3.50. The van der Waals surface area contributed by atoms with Gasteiger partial charge < -0.3 is 10.2 Å². The number of aromatic nitrogens is 1. The van der Waals surface area contributed by atoms with Crippen molar-refractivity contribution in [2.45, 2.75) is 44.9 Å². The minimum absolute atomic E-state index is 0.131. The molecule has 1 aromatic heterocycles. The number of aryl methyl sites for hydroxylation is 1. The van der Waals surface area contributed by atoms with Crippen LogP contribution in [-0.2, 0) is 32.7 Å². The molecular formula is C25H24F6N4O4S2. The Labute approximate surface area is 235 Å². The third-order valence-electron chi connectivity index (χ3n) is 6.20. The molecule has 0 bridgehead atoms. The molecule has 2 aromatic carbocycles. The Morgan fingerprint density at radius 2 is 1.88 bits per heavy atom. The molecule has 16 heteroatoms. The van der Waals surface area contributed by atoms with Crippen molar-refractivity contribution in [3.05, 3.63) is 69.3 Å². The maximum Gasteiger partial charge on any atom is 0.493 e. The van der Waals surface area contributed by atoms with E-state index >= 15 is 8.78 Å². The Hall–Kier alpha value is -3.37. The van der Waals surface area contributed by atoms with Crippen LogP contribution in [0.1, 0.15) is 30.5 Å². The summed E-state index contributed by atoms with van der Waals surface area (Å²) in [4.78, 5) is 19.7. The SMILES string of the molecule is Cc1cc(NCc2c(F)cccc2CN2CC(C)(C)C2)c(F)c(F)c1S(=O)(=O)N(OC(=O)C(F)(F)F)c1cscn1. The van der Waals surface area contributed by atoms with Crippen molar-refractivity contribution in [1.29, 1.82) is 0 Å². The number of benzene rings is 2. The first-order valence-corrected chi connectivity index (χ1v) is 14.3. The smallest absolute Gasteiger partial charge is 0.378 e. The van der Waals surface area contributed by atoms with Crippen LogP contribution in [0.3, 0.4) is 0 Å². The number of sulfonamides is 1. The number of rotatable bonds is 9. The first kappa shape index (κ1) is 30.6. The number of anilines is 2. The van der Waals surface area contributed by atoms with E-state index in [1.807, 2.05) is 0 Å². The number of hydrogen-bond acceptors (Lipinski definition) is 8. The molecule has 0 radical (unpaired) electrons. The molecule has 3 aromatic rings. The molecule has 1 saturated heterocycles. The Balaban J connectivity index is 1.63. The topological polar surface area (TPSA) is 91.8 Å². The maximum absolute atomic E-state index is 15.3. The van der Waals surface area contributed by atoms with Crippen LogP contribution in [0.2, 0.25) is 0 Å². The van der Waals surface area contributed by atoms with E-state index in [0.29, 0.717) is 12.1 Å². The van der Waals surface area contributed by atoms with Gasteiger partial charge in [-0.1, -0.05) is 30.4 Å². The van der Waals surface area contributed by atoms with Crippen LogP contribution in [0.4, 0.5) is 37.8 Å². The Morgan fingerprint density at radius 1 is 1.20 bits per heavy atom. The van der Waals surface area contributed by atoms with E-state index < -0.39 is 66.1 Å². The molecule has 0 saturated carbocycles. The van der Waals surface area contributed by atoms with Crippen LogP contribution in [0, 0.1) is 29.8 Å². The third-order valence-corrected chi connectivity index (χ3v) is 8.49. The summed E-state index contributed by atoms with van der Waals surface area (Å²) in [6, 6.07) is 5.35. The summed E-state index contributed by atoms with van der Waals surface area (Å²) >= 11 is 0.742. The van der Waals surface area contributed by atoms with Crippen molar-refractivity contribution in [3.8, 4) is 0 Å². The van der Waals surface area contributed by atoms with Gasteiger partial charge in [-0.2, -0.15) is 21.6 Å². The highest BCUT2D eigenvalue weighted by molar-refractivity contribution is 7.92. The number of nitrogens with zero attached hydrogens (tertiary/aromatic N) is 3. The number of carbonyl (C=O) groups is 1. The fourth-order valence-electron chi connectivity index (χ4n) is 4.56. The fraction of sp³-hybridized carbons (Fsp3) is 0.360. The first-order valence-electron chi connectivity index (χ1n) is 11.9. The minimum Gasteiger partial charge on any atom is -0.378 e. The van der Waals surface area contributed by atoms with E-state index in [2.05, 4.69) is 33.9 Å². The lowest BCUT2D eigenvalue weighted by atomic mass is 9.84.